The van der Waals surface area contributed by atoms with Crippen molar-refractivity contribution in [1.29, 1.82) is 0 Å². The van der Waals surface area contributed by atoms with Gasteiger partial charge in [0.1, 0.15) is 0 Å². The molecule has 2 fully saturated rings. The van der Waals surface area contributed by atoms with Crippen molar-refractivity contribution in [3.05, 3.63) is 0 Å². The van der Waals surface area contributed by atoms with E-state index >= 15 is 0 Å². The van der Waals surface area contributed by atoms with Gasteiger partial charge in [0.2, 0.25) is 0 Å². The van der Waals surface area contributed by atoms with Gasteiger partial charge in [-0.2, -0.15) is 0 Å². The lowest BCUT2D eigenvalue weighted by Crippen LogP contribution is -2.57. The minimum Gasteiger partial charge on any atom is -0.336 e. The Hall–Kier alpha value is -0.770. The fraction of sp³-hybridized carbons (Fsp3) is 0.944. The quantitative estimate of drug-likeness (QED) is 0.836. The minimum atomic E-state index is 0.0121. The summed E-state index contributed by atoms with van der Waals surface area (Å²) < 4.78 is 0. The van der Waals surface area contributed by atoms with Crippen LogP contribution in [0.3, 0.4) is 0 Å². The van der Waals surface area contributed by atoms with Crippen LogP contribution < -0.4 is 10.6 Å². The Morgan fingerprint density at radius 3 is 2.27 bits per heavy atom. The van der Waals surface area contributed by atoms with Gasteiger partial charge < -0.3 is 10.6 Å². The normalized spacial score (nSPS) is 28.4. The third-order valence-electron chi connectivity index (χ3n) is 5.35. The standard InChI is InChI=1S/C18H35N3O/c1-14-10-15(2)12-21(11-14)18(3,4)13-19-17(22)20-16-8-6-5-7-9-16/h14-16H,5-13H2,1-4H3,(H2,19,20,22). The van der Waals surface area contributed by atoms with Crippen LogP contribution in [0, 0.1) is 11.8 Å². The topological polar surface area (TPSA) is 44.4 Å². The highest BCUT2D eigenvalue weighted by Crippen LogP contribution is 2.26. The number of likely N-dealkylation sites (tertiary alicyclic amines) is 1. The zero-order valence-electron chi connectivity index (χ0n) is 15.0. The van der Waals surface area contributed by atoms with Crippen LogP contribution in [0.25, 0.3) is 0 Å². The van der Waals surface area contributed by atoms with Gasteiger partial charge in [-0.25, -0.2) is 4.79 Å². The fourth-order valence-electron chi connectivity index (χ4n) is 4.05. The Bertz CT molecular complexity index is 353. The van der Waals surface area contributed by atoms with Gasteiger partial charge in [0, 0.05) is 31.2 Å². The molecule has 2 rings (SSSR count). The third-order valence-corrected chi connectivity index (χ3v) is 5.35. The smallest absolute Gasteiger partial charge is 0.315 e. The molecule has 1 saturated carbocycles. The molecule has 22 heavy (non-hydrogen) atoms. The molecule has 0 aromatic rings. The minimum absolute atomic E-state index is 0.0121. The maximum Gasteiger partial charge on any atom is 0.315 e. The van der Waals surface area contributed by atoms with Gasteiger partial charge in [-0.3, -0.25) is 4.90 Å². The summed E-state index contributed by atoms with van der Waals surface area (Å²) in [4.78, 5) is 14.7. The highest BCUT2D eigenvalue weighted by Gasteiger charge is 2.33. The van der Waals surface area contributed by atoms with Crippen molar-refractivity contribution in [2.45, 2.75) is 77.8 Å². The number of carbonyl (C=O) groups excluding carboxylic acids is 1. The van der Waals surface area contributed by atoms with E-state index < -0.39 is 0 Å². The first kappa shape index (κ1) is 17.6. The summed E-state index contributed by atoms with van der Waals surface area (Å²) in [7, 11) is 0. The summed E-state index contributed by atoms with van der Waals surface area (Å²) in [6, 6.07) is 0.393. The van der Waals surface area contributed by atoms with Gasteiger partial charge in [-0.05, 0) is 44.9 Å². The van der Waals surface area contributed by atoms with Gasteiger partial charge >= 0.3 is 6.03 Å². The first-order valence-corrected chi connectivity index (χ1v) is 9.16. The van der Waals surface area contributed by atoms with Crippen LogP contribution >= 0.6 is 0 Å². The predicted octanol–water partition coefficient (Wildman–Crippen LogP) is 3.37. The number of nitrogens with zero attached hydrogens (tertiary/aromatic N) is 1. The second kappa shape index (κ2) is 7.67. The molecular weight excluding hydrogens is 274 g/mol. The molecule has 0 spiro atoms. The highest BCUT2D eigenvalue weighted by molar-refractivity contribution is 5.74. The SMILES string of the molecule is CC1CC(C)CN(C(C)(C)CNC(=O)NC2CCCCC2)C1. The molecule has 0 radical (unpaired) electrons. The van der Waals surface area contributed by atoms with Crippen LogP contribution in [0.15, 0.2) is 0 Å². The Balaban J connectivity index is 1.77. The summed E-state index contributed by atoms with van der Waals surface area (Å²) >= 11 is 0. The van der Waals surface area contributed by atoms with Gasteiger partial charge in [0.25, 0.3) is 0 Å². The molecule has 2 amide bonds. The molecule has 1 aliphatic heterocycles. The van der Waals surface area contributed by atoms with E-state index in [2.05, 4.69) is 43.2 Å². The maximum atomic E-state index is 12.1. The molecule has 1 heterocycles. The van der Waals surface area contributed by atoms with Crippen LogP contribution in [0.1, 0.15) is 66.2 Å². The Kier molecular flexibility index (Phi) is 6.13. The summed E-state index contributed by atoms with van der Waals surface area (Å²) in [5.74, 6) is 1.50. The Morgan fingerprint density at radius 2 is 1.68 bits per heavy atom. The van der Waals surface area contributed by atoms with E-state index in [-0.39, 0.29) is 11.6 Å². The molecule has 0 bridgehead atoms. The van der Waals surface area contributed by atoms with E-state index in [9.17, 15) is 4.79 Å². The molecule has 1 saturated heterocycles. The van der Waals surface area contributed by atoms with Crippen LogP contribution in [0.5, 0.6) is 0 Å². The van der Waals surface area contributed by atoms with Crippen molar-refractivity contribution in [2.75, 3.05) is 19.6 Å². The zero-order chi connectivity index (χ0) is 16.2. The molecule has 128 valence electrons. The zero-order valence-corrected chi connectivity index (χ0v) is 15.0. The van der Waals surface area contributed by atoms with E-state index in [1.807, 2.05) is 0 Å². The van der Waals surface area contributed by atoms with Gasteiger partial charge in [-0.15, -0.1) is 0 Å². The number of amides is 2. The molecular formula is C18H35N3O. The predicted molar refractivity (Wildman–Crippen MR) is 92.0 cm³/mol. The van der Waals surface area contributed by atoms with E-state index in [1.165, 1.54) is 25.7 Å². The van der Waals surface area contributed by atoms with Crippen molar-refractivity contribution < 1.29 is 4.79 Å². The van der Waals surface area contributed by atoms with E-state index in [1.54, 1.807) is 0 Å². The molecule has 1 aliphatic carbocycles. The summed E-state index contributed by atoms with van der Waals surface area (Å²) in [6.07, 6.45) is 7.41. The lowest BCUT2D eigenvalue weighted by atomic mass is 9.88. The lowest BCUT2D eigenvalue weighted by Gasteiger charge is -2.45. The number of urea groups is 1. The molecule has 0 aromatic carbocycles. The largest absolute Gasteiger partial charge is 0.336 e. The number of hydrogen-bond donors (Lipinski definition) is 2. The van der Waals surface area contributed by atoms with Crippen molar-refractivity contribution >= 4 is 6.03 Å². The van der Waals surface area contributed by atoms with E-state index in [4.69, 9.17) is 0 Å². The van der Waals surface area contributed by atoms with Crippen LogP contribution in [-0.2, 0) is 0 Å². The average Bonchev–Trinajstić information content (AvgIpc) is 2.45. The Labute approximate surface area is 136 Å². The van der Waals surface area contributed by atoms with Crippen LogP contribution in [-0.4, -0.2) is 42.1 Å². The number of rotatable bonds is 4. The number of piperidine rings is 1. The molecule has 2 aliphatic rings. The molecule has 2 N–H and O–H groups in total. The van der Waals surface area contributed by atoms with Gasteiger partial charge in [0.15, 0.2) is 0 Å². The number of hydrogen-bond acceptors (Lipinski definition) is 2. The average molecular weight is 309 g/mol. The van der Waals surface area contributed by atoms with Crippen molar-refractivity contribution in [3.8, 4) is 0 Å². The number of carbonyl (C=O) groups is 1. The van der Waals surface area contributed by atoms with E-state index in [0.29, 0.717) is 12.6 Å². The van der Waals surface area contributed by atoms with Gasteiger partial charge in [-0.1, -0.05) is 33.1 Å². The highest BCUT2D eigenvalue weighted by atomic mass is 16.2. The molecule has 0 aromatic heterocycles. The third kappa shape index (κ3) is 5.15. The van der Waals surface area contributed by atoms with Crippen LogP contribution in [0.2, 0.25) is 0 Å². The lowest BCUT2D eigenvalue weighted by molar-refractivity contribution is 0.0472. The van der Waals surface area contributed by atoms with E-state index in [0.717, 1.165) is 37.8 Å². The molecule has 4 heteroatoms. The van der Waals surface area contributed by atoms with Crippen molar-refractivity contribution in [1.82, 2.24) is 15.5 Å². The monoisotopic (exact) mass is 309 g/mol. The summed E-state index contributed by atoms with van der Waals surface area (Å²) in [5, 5.41) is 6.25. The molecule has 4 nitrogen and oxygen atoms in total. The van der Waals surface area contributed by atoms with Crippen molar-refractivity contribution in [3.63, 3.8) is 0 Å². The summed E-state index contributed by atoms with van der Waals surface area (Å²) in [5.41, 5.74) is 0.0207. The van der Waals surface area contributed by atoms with Crippen molar-refractivity contribution in [2.24, 2.45) is 11.8 Å². The first-order valence-electron chi connectivity index (χ1n) is 9.16. The number of nitrogens with one attached hydrogen (secondary N) is 2. The van der Waals surface area contributed by atoms with Gasteiger partial charge in [0.05, 0.1) is 0 Å². The maximum absolute atomic E-state index is 12.1. The van der Waals surface area contributed by atoms with Crippen LogP contribution in [0.4, 0.5) is 4.79 Å². The Morgan fingerprint density at radius 1 is 1.09 bits per heavy atom. The summed E-state index contributed by atoms with van der Waals surface area (Å²) in [6.45, 7) is 12.2. The second-order valence-corrected chi connectivity index (χ2v) is 8.33. The molecule has 2 atom stereocenters. The second-order valence-electron chi connectivity index (χ2n) is 8.33. The first-order chi connectivity index (χ1) is 10.4. The molecule has 2 unspecified atom stereocenters. The fourth-order valence-corrected chi connectivity index (χ4v) is 4.05.